The SMILES string of the molecule is C=C(C)C(=O)NCCC(CCC)C(=O)O. The number of hydrogen-bond acceptors (Lipinski definition) is 2. The molecule has 0 aliphatic rings. The molecular weight excluding hydrogens is 194 g/mol. The lowest BCUT2D eigenvalue weighted by Gasteiger charge is -2.11. The van der Waals surface area contributed by atoms with E-state index in [0.29, 0.717) is 25.0 Å². The highest BCUT2D eigenvalue weighted by atomic mass is 16.4. The van der Waals surface area contributed by atoms with E-state index in [1.807, 2.05) is 6.92 Å². The summed E-state index contributed by atoms with van der Waals surface area (Å²) in [6.45, 7) is 7.46. The fourth-order valence-corrected chi connectivity index (χ4v) is 1.25. The number of amides is 1. The molecule has 4 heteroatoms. The summed E-state index contributed by atoms with van der Waals surface area (Å²) >= 11 is 0. The fourth-order valence-electron chi connectivity index (χ4n) is 1.25. The lowest BCUT2D eigenvalue weighted by molar-refractivity contribution is -0.142. The Hall–Kier alpha value is -1.32. The fraction of sp³-hybridized carbons (Fsp3) is 0.636. The van der Waals surface area contributed by atoms with Crippen molar-refractivity contribution in [3.8, 4) is 0 Å². The molecule has 15 heavy (non-hydrogen) atoms. The predicted molar refractivity (Wildman–Crippen MR) is 58.5 cm³/mol. The van der Waals surface area contributed by atoms with Crippen LogP contribution in [-0.2, 0) is 9.59 Å². The molecule has 0 aliphatic carbocycles. The Morgan fingerprint density at radius 2 is 2.00 bits per heavy atom. The van der Waals surface area contributed by atoms with Gasteiger partial charge in [0, 0.05) is 12.1 Å². The van der Waals surface area contributed by atoms with Crippen LogP contribution in [0.2, 0.25) is 0 Å². The number of nitrogens with one attached hydrogen (secondary N) is 1. The van der Waals surface area contributed by atoms with Gasteiger partial charge < -0.3 is 10.4 Å². The third kappa shape index (κ3) is 5.88. The molecule has 0 fully saturated rings. The topological polar surface area (TPSA) is 66.4 Å². The van der Waals surface area contributed by atoms with E-state index in [-0.39, 0.29) is 11.8 Å². The minimum absolute atomic E-state index is 0.212. The molecule has 4 nitrogen and oxygen atoms in total. The maximum atomic E-state index is 11.1. The monoisotopic (exact) mass is 213 g/mol. The Balaban J connectivity index is 3.85. The molecule has 0 rings (SSSR count). The highest BCUT2D eigenvalue weighted by Crippen LogP contribution is 2.10. The van der Waals surface area contributed by atoms with Crippen molar-refractivity contribution in [2.75, 3.05) is 6.54 Å². The number of rotatable bonds is 7. The summed E-state index contributed by atoms with van der Waals surface area (Å²) in [6, 6.07) is 0. The van der Waals surface area contributed by atoms with E-state index < -0.39 is 5.97 Å². The zero-order chi connectivity index (χ0) is 11.8. The highest BCUT2D eigenvalue weighted by molar-refractivity contribution is 5.92. The van der Waals surface area contributed by atoms with Crippen molar-refractivity contribution in [2.45, 2.75) is 33.1 Å². The molecular formula is C11H19NO3. The van der Waals surface area contributed by atoms with Crippen LogP contribution in [0.1, 0.15) is 33.1 Å². The van der Waals surface area contributed by atoms with Gasteiger partial charge in [0.25, 0.3) is 0 Å². The van der Waals surface area contributed by atoms with Gasteiger partial charge in [-0.15, -0.1) is 0 Å². The summed E-state index contributed by atoms with van der Waals surface area (Å²) in [6.07, 6.45) is 1.96. The molecule has 86 valence electrons. The molecule has 0 radical (unpaired) electrons. The molecule has 0 aromatic heterocycles. The molecule has 0 aromatic rings. The van der Waals surface area contributed by atoms with Gasteiger partial charge in [0.1, 0.15) is 0 Å². The maximum absolute atomic E-state index is 11.1. The number of aliphatic carboxylic acids is 1. The Morgan fingerprint density at radius 1 is 1.40 bits per heavy atom. The van der Waals surface area contributed by atoms with E-state index in [0.717, 1.165) is 6.42 Å². The summed E-state index contributed by atoms with van der Waals surface area (Å²) in [5.41, 5.74) is 0.442. The van der Waals surface area contributed by atoms with Crippen LogP contribution in [0.5, 0.6) is 0 Å². The van der Waals surface area contributed by atoms with Gasteiger partial charge in [-0.3, -0.25) is 9.59 Å². The van der Waals surface area contributed by atoms with E-state index >= 15 is 0 Å². The average Bonchev–Trinajstić information content (AvgIpc) is 2.15. The largest absolute Gasteiger partial charge is 0.481 e. The van der Waals surface area contributed by atoms with E-state index in [4.69, 9.17) is 5.11 Å². The quantitative estimate of drug-likeness (QED) is 0.631. The lowest BCUT2D eigenvalue weighted by Crippen LogP contribution is -2.28. The standard InChI is InChI=1S/C11H19NO3/c1-4-5-9(11(14)15)6-7-12-10(13)8(2)3/h9H,2,4-7H2,1,3H3,(H,12,13)(H,14,15). The first-order valence-corrected chi connectivity index (χ1v) is 5.15. The van der Waals surface area contributed by atoms with Crippen LogP contribution in [0.15, 0.2) is 12.2 Å². The Bertz CT molecular complexity index is 248. The van der Waals surface area contributed by atoms with E-state index in [2.05, 4.69) is 11.9 Å². The molecule has 0 aliphatic heterocycles. The molecule has 2 N–H and O–H groups in total. The summed E-state index contributed by atoms with van der Waals surface area (Å²) in [5, 5.41) is 11.5. The molecule has 1 amide bonds. The van der Waals surface area contributed by atoms with Crippen LogP contribution in [-0.4, -0.2) is 23.5 Å². The number of carboxylic acids is 1. The van der Waals surface area contributed by atoms with Crippen molar-refractivity contribution in [1.82, 2.24) is 5.32 Å². The predicted octanol–water partition coefficient (Wildman–Crippen LogP) is 1.57. The van der Waals surface area contributed by atoms with Crippen molar-refractivity contribution in [2.24, 2.45) is 5.92 Å². The second kappa shape index (κ2) is 7.04. The molecule has 0 spiro atoms. The van der Waals surface area contributed by atoms with E-state index in [1.54, 1.807) is 6.92 Å². The highest BCUT2D eigenvalue weighted by Gasteiger charge is 2.15. The normalized spacial score (nSPS) is 11.9. The smallest absolute Gasteiger partial charge is 0.306 e. The molecule has 0 aromatic carbocycles. The average molecular weight is 213 g/mol. The van der Waals surface area contributed by atoms with Crippen molar-refractivity contribution in [1.29, 1.82) is 0 Å². The van der Waals surface area contributed by atoms with Crippen molar-refractivity contribution >= 4 is 11.9 Å². The van der Waals surface area contributed by atoms with Crippen LogP contribution < -0.4 is 5.32 Å². The van der Waals surface area contributed by atoms with E-state index in [1.165, 1.54) is 0 Å². The first-order chi connectivity index (χ1) is 6.99. The molecule has 1 atom stereocenters. The van der Waals surface area contributed by atoms with Gasteiger partial charge in [-0.25, -0.2) is 0 Å². The first kappa shape index (κ1) is 13.7. The van der Waals surface area contributed by atoms with Crippen LogP contribution in [0.4, 0.5) is 0 Å². The molecule has 0 bridgehead atoms. The Kier molecular flexibility index (Phi) is 6.42. The minimum atomic E-state index is -0.790. The van der Waals surface area contributed by atoms with E-state index in [9.17, 15) is 9.59 Å². The van der Waals surface area contributed by atoms with Crippen LogP contribution in [0.3, 0.4) is 0 Å². The minimum Gasteiger partial charge on any atom is -0.481 e. The number of hydrogen-bond donors (Lipinski definition) is 2. The van der Waals surface area contributed by atoms with Crippen molar-refractivity contribution < 1.29 is 14.7 Å². The van der Waals surface area contributed by atoms with Crippen LogP contribution in [0, 0.1) is 5.92 Å². The molecule has 0 saturated carbocycles. The second-order valence-electron chi connectivity index (χ2n) is 3.65. The molecule has 0 heterocycles. The van der Waals surface area contributed by atoms with Gasteiger partial charge in [-0.1, -0.05) is 19.9 Å². The van der Waals surface area contributed by atoms with Gasteiger partial charge in [0.05, 0.1) is 5.92 Å². The van der Waals surface area contributed by atoms with Gasteiger partial charge in [0.15, 0.2) is 0 Å². The van der Waals surface area contributed by atoms with Crippen LogP contribution in [0.25, 0.3) is 0 Å². The Labute approximate surface area is 90.4 Å². The summed E-state index contributed by atoms with van der Waals surface area (Å²) in [4.78, 5) is 21.9. The van der Waals surface area contributed by atoms with Gasteiger partial charge >= 0.3 is 5.97 Å². The van der Waals surface area contributed by atoms with Gasteiger partial charge in [-0.05, 0) is 19.8 Å². The summed E-state index contributed by atoms with van der Waals surface area (Å²) < 4.78 is 0. The zero-order valence-corrected chi connectivity index (χ0v) is 9.38. The number of carboxylic acid groups (broad SMARTS) is 1. The lowest BCUT2D eigenvalue weighted by atomic mass is 10.0. The number of carbonyl (C=O) groups excluding carboxylic acids is 1. The second-order valence-corrected chi connectivity index (χ2v) is 3.65. The van der Waals surface area contributed by atoms with Crippen molar-refractivity contribution in [3.63, 3.8) is 0 Å². The third-order valence-corrected chi connectivity index (χ3v) is 2.15. The van der Waals surface area contributed by atoms with Gasteiger partial charge in [0.2, 0.25) is 5.91 Å². The summed E-state index contributed by atoms with van der Waals surface area (Å²) in [5.74, 6) is -1.36. The van der Waals surface area contributed by atoms with Crippen LogP contribution >= 0.6 is 0 Å². The van der Waals surface area contributed by atoms with Gasteiger partial charge in [-0.2, -0.15) is 0 Å². The molecule has 1 unspecified atom stereocenters. The first-order valence-electron chi connectivity index (χ1n) is 5.15. The molecule has 0 saturated heterocycles. The van der Waals surface area contributed by atoms with Crippen molar-refractivity contribution in [3.05, 3.63) is 12.2 Å². The third-order valence-electron chi connectivity index (χ3n) is 2.15. The zero-order valence-electron chi connectivity index (χ0n) is 9.38. The Morgan fingerprint density at radius 3 is 2.40 bits per heavy atom. The summed E-state index contributed by atoms with van der Waals surface area (Å²) in [7, 11) is 0. The maximum Gasteiger partial charge on any atom is 0.306 e. The number of carbonyl (C=O) groups is 2.